The van der Waals surface area contributed by atoms with Gasteiger partial charge in [-0.3, -0.25) is 0 Å². The van der Waals surface area contributed by atoms with Crippen LogP contribution in [0.3, 0.4) is 0 Å². The van der Waals surface area contributed by atoms with E-state index in [4.69, 9.17) is 4.74 Å². The summed E-state index contributed by atoms with van der Waals surface area (Å²) in [4.78, 5) is 0. The highest BCUT2D eigenvalue weighted by Gasteiger charge is 2.35. The Morgan fingerprint density at radius 3 is 2.57 bits per heavy atom. The van der Waals surface area contributed by atoms with E-state index in [1.807, 2.05) is 0 Å². The van der Waals surface area contributed by atoms with Crippen molar-refractivity contribution >= 4 is 45.2 Å². The van der Waals surface area contributed by atoms with Crippen LogP contribution in [0, 0.1) is 14.1 Å². The van der Waals surface area contributed by atoms with Crippen molar-refractivity contribution in [2.75, 3.05) is 6.61 Å². The first-order valence-electron chi connectivity index (χ1n) is 4.55. The van der Waals surface area contributed by atoms with Gasteiger partial charge in [0.25, 0.3) is 0 Å². The summed E-state index contributed by atoms with van der Waals surface area (Å²) in [7, 11) is 0. The van der Waals surface area contributed by atoms with Gasteiger partial charge in [0.1, 0.15) is 5.75 Å². The van der Waals surface area contributed by atoms with Gasteiger partial charge in [-0.25, -0.2) is 0 Å². The lowest BCUT2D eigenvalue weighted by Gasteiger charge is -2.18. The van der Waals surface area contributed by atoms with Crippen LogP contribution in [0.25, 0.3) is 0 Å². The van der Waals surface area contributed by atoms with Crippen LogP contribution < -0.4 is 4.74 Å². The first-order valence-corrected chi connectivity index (χ1v) is 6.71. The molecule has 0 aliphatic carbocycles. The Morgan fingerprint density at radius 2 is 1.93 bits per heavy atom. The lowest BCUT2D eigenvalue weighted by Crippen LogP contribution is -2.19. The summed E-state index contributed by atoms with van der Waals surface area (Å²) < 4.78 is 8.34. The molecule has 0 aromatic heterocycles. The molecule has 1 heterocycles. The molecule has 14 heavy (non-hydrogen) atoms. The molecule has 3 heteroatoms. The van der Waals surface area contributed by atoms with Gasteiger partial charge in [0.2, 0.25) is 0 Å². The Labute approximate surface area is 112 Å². The molecule has 1 nitrogen and oxygen atoms in total. The van der Waals surface area contributed by atoms with Crippen molar-refractivity contribution in [2.45, 2.75) is 26.2 Å². The summed E-state index contributed by atoms with van der Waals surface area (Å²) in [6.07, 6.45) is 0. The summed E-state index contributed by atoms with van der Waals surface area (Å²) in [5.74, 6) is 1.11. The predicted octanol–water partition coefficient (Wildman–Crippen LogP) is 3.87. The maximum absolute atomic E-state index is 5.77. The molecular formula is C11H12I2O. The SMILES string of the molecule is Cc1c(I)cc(I)c2c1C(C)(C)CO2. The molecule has 0 bridgehead atoms. The van der Waals surface area contributed by atoms with Crippen molar-refractivity contribution in [3.8, 4) is 5.75 Å². The third-order valence-corrected chi connectivity index (χ3v) is 4.61. The van der Waals surface area contributed by atoms with Crippen LogP contribution in [0.15, 0.2) is 6.07 Å². The van der Waals surface area contributed by atoms with E-state index in [-0.39, 0.29) is 5.41 Å². The van der Waals surface area contributed by atoms with E-state index in [1.165, 1.54) is 18.3 Å². The quantitative estimate of drug-likeness (QED) is 0.586. The molecule has 0 spiro atoms. The Bertz CT molecular complexity index is 397. The second-order valence-corrected chi connectivity index (χ2v) is 6.67. The van der Waals surface area contributed by atoms with E-state index in [0.29, 0.717) is 0 Å². The zero-order valence-corrected chi connectivity index (χ0v) is 12.8. The summed E-state index contributed by atoms with van der Waals surface area (Å²) in [6, 6.07) is 2.19. The van der Waals surface area contributed by atoms with Gasteiger partial charge >= 0.3 is 0 Å². The third-order valence-electron chi connectivity index (χ3n) is 2.68. The highest BCUT2D eigenvalue weighted by Crippen LogP contribution is 2.44. The van der Waals surface area contributed by atoms with Crippen LogP contribution in [-0.2, 0) is 5.41 Å². The number of halogens is 2. The third kappa shape index (κ3) is 1.56. The van der Waals surface area contributed by atoms with E-state index in [0.717, 1.165) is 12.4 Å². The van der Waals surface area contributed by atoms with Crippen LogP contribution in [0.5, 0.6) is 5.75 Å². The standard InChI is InChI=1S/C11H12I2O/c1-6-7(12)4-8(13)10-9(6)11(2,3)5-14-10/h4H,5H2,1-3H3. The molecule has 0 saturated heterocycles. The van der Waals surface area contributed by atoms with Crippen molar-refractivity contribution < 1.29 is 4.74 Å². The van der Waals surface area contributed by atoms with Gasteiger partial charge in [-0.2, -0.15) is 0 Å². The zero-order valence-electron chi connectivity index (χ0n) is 8.45. The minimum absolute atomic E-state index is 0.167. The van der Waals surface area contributed by atoms with Gasteiger partial charge in [0.15, 0.2) is 0 Å². The Kier molecular flexibility index (Phi) is 2.75. The molecule has 0 atom stereocenters. The molecule has 0 fully saturated rings. The maximum Gasteiger partial charge on any atom is 0.136 e. The van der Waals surface area contributed by atoms with Gasteiger partial charge in [-0.05, 0) is 63.7 Å². The second-order valence-electron chi connectivity index (χ2n) is 4.34. The monoisotopic (exact) mass is 414 g/mol. The largest absolute Gasteiger partial charge is 0.491 e. The molecule has 2 rings (SSSR count). The lowest BCUT2D eigenvalue weighted by atomic mass is 9.84. The smallest absolute Gasteiger partial charge is 0.136 e. The Hall–Kier alpha value is 0.480. The number of benzene rings is 1. The first kappa shape index (κ1) is 11.0. The fraction of sp³-hybridized carbons (Fsp3) is 0.455. The minimum Gasteiger partial charge on any atom is -0.491 e. The molecule has 1 aliphatic rings. The van der Waals surface area contributed by atoms with E-state index >= 15 is 0 Å². The fourth-order valence-corrected chi connectivity index (χ4v) is 3.89. The first-order chi connectivity index (χ1) is 6.43. The molecule has 1 aromatic rings. The normalized spacial score (nSPS) is 17.8. The highest BCUT2D eigenvalue weighted by atomic mass is 127. The van der Waals surface area contributed by atoms with Crippen LogP contribution in [0.1, 0.15) is 25.0 Å². The molecular weight excluding hydrogens is 402 g/mol. The Balaban J connectivity index is 2.75. The number of rotatable bonds is 0. The molecule has 1 aromatic carbocycles. The van der Waals surface area contributed by atoms with Crippen LogP contribution in [0.4, 0.5) is 0 Å². The van der Waals surface area contributed by atoms with E-state index < -0.39 is 0 Å². The van der Waals surface area contributed by atoms with Gasteiger partial charge in [0.05, 0.1) is 10.2 Å². The number of hydrogen-bond donors (Lipinski definition) is 0. The van der Waals surface area contributed by atoms with Crippen LogP contribution in [-0.4, -0.2) is 6.61 Å². The molecule has 76 valence electrons. The second kappa shape index (κ2) is 3.50. The van der Waals surface area contributed by atoms with E-state index in [9.17, 15) is 0 Å². The highest BCUT2D eigenvalue weighted by molar-refractivity contribution is 14.1. The molecule has 0 N–H and O–H groups in total. The number of ether oxygens (including phenoxy) is 1. The molecule has 0 amide bonds. The fourth-order valence-electron chi connectivity index (χ4n) is 1.97. The zero-order chi connectivity index (χ0) is 10.5. The predicted molar refractivity (Wildman–Crippen MR) is 75.1 cm³/mol. The topological polar surface area (TPSA) is 9.23 Å². The lowest BCUT2D eigenvalue weighted by molar-refractivity contribution is 0.289. The number of hydrogen-bond acceptors (Lipinski definition) is 1. The number of fused-ring (bicyclic) bond motifs is 1. The maximum atomic E-state index is 5.77. The van der Waals surface area contributed by atoms with E-state index in [2.05, 4.69) is 72.0 Å². The summed E-state index contributed by atoms with van der Waals surface area (Å²) >= 11 is 4.75. The molecule has 1 aliphatic heterocycles. The van der Waals surface area contributed by atoms with Crippen LogP contribution >= 0.6 is 45.2 Å². The van der Waals surface area contributed by atoms with Crippen molar-refractivity contribution in [1.29, 1.82) is 0 Å². The van der Waals surface area contributed by atoms with Crippen LogP contribution in [0.2, 0.25) is 0 Å². The summed E-state index contributed by atoms with van der Waals surface area (Å²) in [6.45, 7) is 7.49. The molecule has 0 saturated carbocycles. The van der Waals surface area contributed by atoms with Crippen molar-refractivity contribution in [3.63, 3.8) is 0 Å². The summed E-state index contributed by atoms with van der Waals surface area (Å²) in [5.41, 5.74) is 2.94. The van der Waals surface area contributed by atoms with Crippen molar-refractivity contribution in [1.82, 2.24) is 0 Å². The van der Waals surface area contributed by atoms with Gasteiger partial charge in [-0.1, -0.05) is 13.8 Å². The van der Waals surface area contributed by atoms with Gasteiger partial charge < -0.3 is 4.74 Å². The van der Waals surface area contributed by atoms with Crippen molar-refractivity contribution in [2.24, 2.45) is 0 Å². The average molecular weight is 414 g/mol. The van der Waals surface area contributed by atoms with Gasteiger partial charge in [0, 0.05) is 14.5 Å². The van der Waals surface area contributed by atoms with Gasteiger partial charge in [-0.15, -0.1) is 0 Å². The minimum atomic E-state index is 0.167. The summed E-state index contributed by atoms with van der Waals surface area (Å²) in [5, 5.41) is 0. The molecule has 0 radical (unpaired) electrons. The average Bonchev–Trinajstić information content (AvgIpc) is 2.38. The van der Waals surface area contributed by atoms with E-state index in [1.54, 1.807) is 0 Å². The Morgan fingerprint density at radius 1 is 1.29 bits per heavy atom. The van der Waals surface area contributed by atoms with Crippen molar-refractivity contribution in [3.05, 3.63) is 24.3 Å². The molecule has 0 unspecified atom stereocenters.